The molecule has 0 bridgehead atoms. The molecule has 0 radical (unpaired) electrons. The quantitative estimate of drug-likeness (QED) is 0.530. The number of benzene rings is 1. The number of hydrogen-bond donors (Lipinski definition) is 3. The summed E-state index contributed by atoms with van der Waals surface area (Å²) < 4.78 is 30.2. The topological polar surface area (TPSA) is 170 Å². The van der Waals surface area contributed by atoms with Crippen molar-refractivity contribution in [2.75, 3.05) is 11.5 Å². The van der Waals surface area contributed by atoms with Crippen molar-refractivity contribution >= 4 is 51.8 Å². The predicted molar refractivity (Wildman–Crippen MR) is 94.2 cm³/mol. The summed E-state index contributed by atoms with van der Waals surface area (Å²) in [5.74, 6) is -0.414. The van der Waals surface area contributed by atoms with Crippen LogP contribution < -0.4 is 11.5 Å². The molecule has 0 aliphatic heterocycles. The minimum Gasteiger partial charge on any atom is -0.384 e. The number of hydrogen-bond acceptors (Lipinski definition) is 9. The fourth-order valence-corrected chi connectivity index (χ4v) is 1.62. The number of halogens is 1. The minimum absolute atomic E-state index is 0. The van der Waals surface area contributed by atoms with Crippen molar-refractivity contribution < 1.29 is 21.9 Å². The first-order chi connectivity index (χ1) is 11.2. The summed E-state index contributed by atoms with van der Waals surface area (Å²) in [5.41, 5.74) is 12.4. The first-order valence-corrected chi connectivity index (χ1v) is 7.70. The van der Waals surface area contributed by atoms with Gasteiger partial charge in [-0.05, 0) is 24.3 Å². The molecule has 0 unspecified atom stereocenters. The zero-order valence-corrected chi connectivity index (χ0v) is 14.6. The average Bonchev–Trinajstić information content (AvgIpc) is 2.45. The maximum Gasteiger partial charge on any atom is 0.448 e. The van der Waals surface area contributed by atoms with Crippen LogP contribution in [0.3, 0.4) is 0 Å². The van der Waals surface area contributed by atoms with E-state index in [0.717, 1.165) is 12.6 Å². The van der Waals surface area contributed by atoms with Crippen molar-refractivity contribution in [3.05, 3.63) is 42.5 Å². The van der Waals surface area contributed by atoms with Crippen molar-refractivity contribution in [2.24, 2.45) is 10.2 Å². The molecule has 0 saturated carbocycles. The lowest BCUT2D eigenvalue weighted by Crippen LogP contribution is -2.07. The van der Waals surface area contributed by atoms with E-state index in [2.05, 4.69) is 19.4 Å². The smallest absolute Gasteiger partial charge is 0.384 e. The number of anilines is 2. The van der Waals surface area contributed by atoms with Crippen molar-refractivity contribution in [1.29, 1.82) is 0 Å². The zero-order chi connectivity index (χ0) is 18.2. The molecule has 0 fully saturated rings. The third-order valence-electron chi connectivity index (χ3n) is 2.18. The molecular formula is C13H16ClN5O5S. The van der Waals surface area contributed by atoms with Crippen LogP contribution in [0.15, 0.2) is 52.7 Å². The van der Waals surface area contributed by atoms with E-state index in [1.54, 1.807) is 12.1 Å². The van der Waals surface area contributed by atoms with Crippen LogP contribution in [0.2, 0.25) is 0 Å². The Labute approximate surface area is 150 Å². The van der Waals surface area contributed by atoms with Gasteiger partial charge < -0.3 is 15.7 Å². The molecule has 25 heavy (non-hydrogen) atoms. The first-order valence-electron chi connectivity index (χ1n) is 6.33. The average molecular weight is 390 g/mol. The summed E-state index contributed by atoms with van der Waals surface area (Å²) in [7, 11) is -4.57. The molecule has 2 rings (SSSR count). The van der Waals surface area contributed by atoms with Gasteiger partial charge in [-0.3, -0.25) is 9.35 Å². The Hall–Kier alpha value is -2.76. The van der Waals surface area contributed by atoms with Gasteiger partial charge in [-0.1, -0.05) is 18.2 Å². The second-order valence-corrected chi connectivity index (χ2v) is 5.20. The van der Waals surface area contributed by atoms with Gasteiger partial charge in [0.05, 0.1) is 5.69 Å². The molecule has 0 spiro atoms. The highest BCUT2D eigenvalue weighted by Crippen LogP contribution is 2.23. The third kappa shape index (κ3) is 9.86. The van der Waals surface area contributed by atoms with Gasteiger partial charge in [0.15, 0.2) is 5.82 Å². The number of pyridine rings is 1. The standard InChI is InChI=1S/C11H11N5.C2H4O5S.ClH/c12-10-7-6-9(11(13)14-10)16-15-8-4-2-1-3-5-8;1-2(3)7-8(4,5)6;/h1-7H,(H4,12,13,14);1H3,(H,4,5,6);1H/b16-15+;;. The summed E-state index contributed by atoms with van der Waals surface area (Å²) in [6.45, 7) is 0.869. The SMILES string of the molecule is CC(=O)OS(=O)(=O)O.Cl.Nc1ccc(/N=N/c2ccccc2)c(N)n1. The lowest BCUT2D eigenvalue weighted by Gasteiger charge is -1.98. The number of azo groups is 1. The van der Waals surface area contributed by atoms with E-state index in [1.165, 1.54) is 0 Å². The molecule has 1 heterocycles. The Kier molecular flexibility index (Phi) is 9.05. The zero-order valence-electron chi connectivity index (χ0n) is 12.9. The molecule has 5 N–H and O–H groups in total. The third-order valence-corrected chi connectivity index (χ3v) is 2.62. The fourth-order valence-electron chi connectivity index (χ4n) is 1.32. The van der Waals surface area contributed by atoms with Crippen LogP contribution in [-0.2, 0) is 19.4 Å². The van der Waals surface area contributed by atoms with E-state index in [4.69, 9.17) is 16.0 Å². The second kappa shape index (κ2) is 10.2. The van der Waals surface area contributed by atoms with Crippen LogP contribution in [0.4, 0.5) is 23.0 Å². The lowest BCUT2D eigenvalue weighted by molar-refractivity contribution is -0.131. The predicted octanol–water partition coefficient (Wildman–Crippen LogP) is 2.44. The van der Waals surface area contributed by atoms with Crippen molar-refractivity contribution in [3.63, 3.8) is 0 Å². The van der Waals surface area contributed by atoms with Crippen molar-refractivity contribution in [1.82, 2.24) is 4.98 Å². The molecule has 10 nitrogen and oxygen atoms in total. The number of nitrogens with zero attached hydrogens (tertiary/aromatic N) is 3. The van der Waals surface area contributed by atoms with Gasteiger partial charge in [0.1, 0.15) is 11.5 Å². The molecular weight excluding hydrogens is 374 g/mol. The number of carbonyl (C=O) groups excluding carboxylic acids is 1. The fraction of sp³-hybridized carbons (Fsp3) is 0.0769. The highest BCUT2D eigenvalue weighted by Gasteiger charge is 2.06. The molecule has 0 amide bonds. The van der Waals surface area contributed by atoms with Crippen LogP contribution in [0.25, 0.3) is 0 Å². The summed E-state index contributed by atoms with van der Waals surface area (Å²) >= 11 is 0. The van der Waals surface area contributed by atoms with Gasteiger partial charge in [-0.2, -0.15) is 13.5 Å². The molecule has 0 atom stereocenters. The molecule has 0 aliphatic rings. The summed E-state index contributed by atoms with van der Waals surface area (Å²) in [4.78, 5) is 13.6. The van der Waals surface area contributed by atoms with Gasteiger partial charge in [0.25, 0.3) is 0 Å². The van der Waals surface area contributed by atoms with Crippen LogP contribution >= 0.6 is 12.4 Å². The summed E-state index contributed by atoms with van der Waals surface area (Å²) in [5, 5.41) is 8.03. The molecule has 0 saturated heterocycles. The van der Waals surface area contributed by atoms with E-state index in [1.807, 2.05) is 30.3 Å². The number of nitrogens with two attached hydrogens (primary N) is 2. The number of nitrogen functional groups attached to an aromatic ring is 2. The number of carbonyl (C=O) groups is 1. The van der Waals surface area contributed by atoms with E-state index in [9.17, 15) is 13.2 Å². The van der Waals surface area contributed by atoms with Crippen molar-refractivity contribution in [2.45, 2.75) is 6.92 Å². The van der Waals surface area contributed by atoms with Gasteiger partial charge in [0, 0.05) is 6.92 Å². The van der Waals surface area contributed by atoms with Gasteiger partial charge in [-0.25, -0.2) is 4.98 Å². The maximum atomic E-state index is 9.70. The Morgan fingerprint density at radius 1 is 1.12 bits per heavy atom. The Morgan fingerprint density at radius 3 is 2.16 bits per heavy atom. The van der Waals surface area contributed by atoms with Gasteiger partial charge in [-0.15, -0.1) is 17.5 Å². The molecule has 136 valence electrons. The van der Waals surface area contributed by atoms with E-state index < -0.39 is 16.4 Å². The number of aromatic nitrogens is 1. The first kappa shape index (κ1) is 22.2. The summed E-state index contributed by atoms with van der Waals surface area (Å²) in [6, 6.07) is 12.7. The van der Waals surface area contributed by atoms with E-state index in [-0.39, 0.29) is 18.2 Å². The largest absolute Gasteiger partial charge is 0.448 e. The van der Waals surface area contributed by atoms with Crippen LogP contribution in [0, 0.1) is 0 Å². The number of rotatable bonds is 3. The van der Waals surface area contributed by atoms with E-state index >= 15 is 0 Å². The van der Waals surface area contributed by atoms with Crippen molar-refractivity contribution in [3.8, 4) is 0 Å². The molecule has 2 aromatic rings. The Bertz CT molecular complexity index is 830. The highest BCUT2D eigenvalue weighted by molar-refractivity contribution is 7.81. The Morgan fingerprint density at radius 2 is 1.72 bits per heavy atom. The normalized spacial score (nSPS) is 10.3. The maximum absolute atomic E-state index is 9.70. The minimum atomic E-state index is -4.57. The molecule has 0 aliphatic carbocycles. The van der Waals surface area contributed by atoms with Gasteiger partial charge in [0.2, 0.25) is 0 Å². The second-order valence-electron chi connectivity index (χ2n) is 4.18. The lowest BCUT2D eigenvalue weighted by atomic mass is 10.3. The monoisotopic (exact) mass is 389 g/mol. The Balaban J connectivity index is 0.000000552. The van der Waals surface area contributed by atoms with Crippen LogP contribution in [-0.4, -0.2) is 23.9 Å². The molecule has 12 heteroatoms. The van der Waals surface area contributed by atoms with E-state index in [0.29, 0.717) is 11.5 Å². The van der Waals surface area contributed by atoms with Crippen LogP contribution in [0.1, 0.15) is 6.92 Å². The van der Waals surface area contributed by atoms with Gasteiger partial charge >= 0.3 is 16.4 Å². The molecule has 1 aromatic heterocycles. The van der Waals surface area contributed by atoms with Crippen LogP contribution in [0.5, 0.6) is 0 Å². The highest BCUT2D eigenvalue weighted by atomic mass is 35.5. The summed E-state index contributed by atoms with van der Waals surface area (Å²) in [6.07, 6.45) is 0. The molecule has 1 aromatic carbocycles.